The Bertz CT molecular complexity index is 1280. The van der Waals surface area contributed by atoms with Crippen LogP contribution in [0.25, 0.3) is 34.2 Å². The summed E-state index contributed by atoms with van der Waals surface area (Å²) >= 11 is 0. The van der Waals surface area contributed by atoms with Crippen LogP contribution in [0.3, 0.4) is 0 Å². The Morgan fingerprint density at radius 2 is 2.14 bits per heavy atom. The maximum absolute atomic E-state index is 11.2. The van der Waals surface area contributed by atoms with Crippen molar-refractivity contribution in [3.63, 3.8) is 0 Å². The molecule has 0 unspecified atom stereocenters. The number of carboxylic acid groups (broad SMARTS) is 1. The molecule has 1 aliphatic heterocycles. The second-order valence-electron chi connectivity index (χ2n) is 7.00. The lowest BCUT2D eigenvalue weighted by atomic mass is 9.98. The van der Waals surface area contributed by atoms with E-state index in [0.29, 0.717) is 11.3 Å². The normalized spacial score (nSPS) is 13.4. The Hall–Kier alpha value is -3.81. The van der Waals surface area contributed by atoms with Gasteiger partial charge in [0.25, 0.3) is 0 Å². The van der Waals surface area contributed by atoms with Crippen LogP contribution in [0.4, 0.5) is 0 Å². The topological polar surface area (TPSA) is 98.2 Å². The number of nitrogens with zero attached hydrogens (tertiary/aromatic N) is 6. The number of carbonyl (C=O) groups is 1. The number of pyridine rings is 2. The number of aliphatic carboxylic acids is 1. The van der Waals surface area contributed by atoms with Crippen molar-refractivity contribution in [2.75, 3.05) is 0 Å². The van der Waals surface area contributed by atoms with Gasteiger partial charge in [0, 0.05) is 35.1 Å². The molecule has 0 fully saturated rings. The molecule has 0 bridgehead atoms. The van der Waals surface area contributed by atoms with Crippen LogP contribution >= 0.6 is 0 Å². The highest BCUT2D eigenvalue weighted by Crippen LogP contribution is 2.39. The van der Waals surface area contributed by atoms with Gasteiger partial charge in [0.15, 0.2) is 5.65 Å². The molecule has 8 heteroatoms. The summed E-state index contributed by atoms with van der Waals surface area (Å²) < 4.78 is 3.69. The smallest absolute Gasteiger partial charge is 0.328 e. The van der Waals surface area contributed by atoms with Crippen LogP contribution in [0, 0.1) is 6.92 Å². The molecule has 1 aliphatic rings. The van der Waals surface area contributed by atoms with Gasteiger partial charge in [0.05, 0.1) is 11.4 Å². The van der Waals surface area contributed by atoms with Crippen molar-refractivity contribution in [2.24, 2.45) is 0 Å². The maximum Gasteiger partial charge on any atom is 0.328 e. The first-order valence-electron chi connectivity index (χ1n) is 9.39. The quantitative estimate of drug-likeness (QED) is 0.542. The van der Waals surface area contributed by atoms with E-state index in [4.69, 9.17) is 5.10 Å². The summed E-state index contributed by atoms with van der Waals surface area (Å²) in [4.78, 5) is 20.1. The third kappa shape index (κ3) is 2.89. The fraction of sp³-hybridized carbons (Fsp3) is 0.190. The molecule has 0 saturated heterocycles. The van der Waals surface area contributed by atoms with Crippen LogP contribution in [0.1, 0.15) is 23.5 Å². The van der Waals surface area contributed by atoms with E-state index >= 15 is 0 Å². The van der Waals surface area contributed by atoms with E-state index in [9.17, 15) is 9.90 Å². The van der Waals surface area contributed by atoms with E-state index in [2.05, 4.69) is 15.1 Å². The molecule has 144 valence electrons. The molecule has 1 N–H and O–H groups in total. The van der Waals surface area contributed by atoms with Gasteiger partial charge in [-0.1, -0.05) is 6.07 Å². The van der Waals surface area contributed by atoms with Gasteiger partial charge in [-0.05, 0) is 50.1 Å². The minimum atomic E-state index is -1.02. The fourth-order valence-electron chi connectivity index (χ4n) is 3.90. The number of aromatic nitrogens is 6. The Morgan fingerprint density at radius 1 is 1.24 bits per heavy atom. The number of hydrogen-bond acceptors (Lipinski definition) is 5. The number of fused-ring (bicyclic) bond motifs is 2. The molecule has 5 rings (SSSR count). The molecule has 0 radical (unpaired) electrons. The zero-order valence-corrected chi connectivity index (χ0v) is 15.8. The van der Waals surface area contributed by atoms with Crippen LogP contribution in [-0.2, 0) is 17.8 Å². The minimum Gasteiger partial charge on any atom is -0.478 e. The molecule has 8 nitrogen and oxygen atoms in total. The number of carboxylic acids is 1. The van der Waals surface area contributed by atoms with E-state index in [1.165, 1.54) is 6.33 Å². The van der Waals surface area contributed by atoms with Crippen molar-refractivity contribution in [1.82, 2.24) is 29.4 Å². The largest absolute Gasteiger partial charge is 0.478 e. The van der Waals surface area contributed by atoms with Gasteiger partial charge in [-0.2, -0.15) is 10.2 Å². The van der Waals surface area contributed by atoms with Gasteiger partial charge in [-0.15, -0.1) is 0 Å². The Balaban J connectivity index is 1.81. The van der Waals surface area contributed by atoms with Crippen molar-refractivity contribution in [2.45, 2.75) is 26.3 Å². The van der Waals surface area contributed by atoms with Crippen molar-refractivity contribution >= 4 is 17.7 Å². The zero-order chi connectivity index (χ0) is 20.0. The summed E-state index contributed by atoms with van der Waals surface area (Å²) in [6.07, 6.45) is 6.08. The van der Waals surface area contributed by atoms with Crippen molar-refractivity contribution in [3.8, 4) is 22.5 Å². The van der Waals surface area contributed by atoms with Crippen LogP contribution in [0.15, 0.2) is 42.7 Å². The number of hydrogen-bond donors (Lipinski definition) is 1. The van der Waals surface area contributed by atoms with Gasteiger partial charge >= 0.3 is 5.97 Å². The molecule has 0 aliphatic carbocycles. The van der Waals surface area contributed by atoms with Crippen LogP contribution in [0.5, 0.6) is 0 Å². The lowest BCUT2D eigenvalue weighted by Gasteiger charge is -2.10. The van der Waals surface area contributed by atoms with Crippen molar-refractivity contribution in [1.29, 1.82) is 0 Å². The molecule has 4 aromatic rings. The van der Waals surface area contributed by atoms with Gasteiger partial charge in [-0.3, -0.25) is 9.67 Å². The lowest BCUT2D eigenvalue weighted by molar-refractivity contribution is -0.131. The average molecular weight is 386 g/mol. The highest BCUT2D eigenvalue weighted by atomic mass is 16.4. The predicted octanol–water partition coefficient (Wildman–Crippen LogP) is 3.01. The molecular weight excluding hydrogens is 368 g/mol. The van der Waals surface area contributed by atoms with Crippen LogP contribution in [0.2, 0.25) is 0 Å². The molecule has 0 saturated carbocycles. The standard InChI is InChI=1S/C21H18N6O2/c1-13-4-2-5-15(24-13)21-20(17-6-3-11-26(17)25-21)14-7-9-18-22-12-23-27(18)16(14)8-10-19(28)29/h2,4-5,7-10,12H,3,6,11H2,1H3,(H,28,29)/b10-8+. The third-order valence-corrected chi connectivity index (χ3v) is 5.10. The van der Waals surface area contributed by atoms with Gasteiger partial charge in [0.2, 0.25) is 0 Å². The van der Waals surface area contributed by atoms with Gasteiger partial charge in [0.1, 0.15) is 12.0 Å². The predicted molar refractivity (Wildman–Crippen MR) is 107 cm³/mol. The molecule has 0 spiro atoms. The van der Waals surface area contributed by atoms with Gasteiger partial charge < -0.3 is 5.11 Å². The first kappa shape index (κ1) is 17.3. The Labute approximate surface area is 166 Å². The van der Waals surface area contributed by atoms with E-state index in [0.717, 1.165) is 59.4 Å². The molecule has 0 aromatic carbocycles. The minimum absolute atomic E-state index is 0.651. The van der Waals surface area contributed by atoms with E-state index in [1.807, 2.05) is 41.9 Å². The monoisotopic (exact) mass is 386 g/mol. The molecular formula is C21H18N6O2. The van der Waals surface area contributed by atoms with Gasteiger partial charge in [-0.25, -0.2) is 14.3 Å². The second kappa shape index (κ2) is 6.66. The number of aryl methyl sites for hydroxylation is 2. The maximum atomic E-state index is 11.2. The summed E-state index contributed by atoms with van der Waals surface area (Å²) in [5, 5.41) is 18.3. The van der Waals surface area contributed by atoms with Crippen LogP contribution < -0.4 is 0 Å². The summed E-state index contributed by atoms with van der Waals surface area (Å²) in [5.74, 6) is -1.02. The Morgan fingerprint density at radius 3 is 2.97 bits per heavy atom. The second-order valence-corrected chi connectivity index (χ2v) is 7.00. The summed E-state index contributed by atoms with van der Waals surface area (Å²) in [7, 11) is 0. The highest BCUT2D eigenvalue weighted by Gasteiger charge is 2.26. The van der Waals surface area contributed by atoms with Crippen molar-refractivity contribution in [3.05, 3.63) is 59.8 Å². The first-order chi connectivity index (χ1) is 14.1. The number of rotatable bonds is 4. The summed E-state index contributed by atoms with van der Waals surface area (Å²) in [6, 6.07) is 9.72. The summed E-state index contributed by atoms with van der Waals surface area (Å²) in [6.45, 7) is 2.81. The molecule has 29 heavy (non-hydrogen) atoms. The molecule has 5 heterocycles. The zero-order valence-electron chi connectivity index (χ0n) is 15.8. The SMILES string of the molecule is Cc1cccc(-c2nn3c(c2-c2ccc4ncnn4c2/C=C/C(=O)O)CCC3)n1. The lowest BCUT2D eigenvalue weighted by Crippen LogP contribution is -2.00. The molecule has 0 amide bonds. The first-order valence-corrected chi connectivity index (χ1v) is 9.39. The highest BCUT2D eigenvalue weighted by molar-refractivity contribution is 5.90. The third-order valence-electron chi connectivity index (χ3n) is 5.10. The van der Waals surface area contributed by atoms with E-state index in [-0.39, 0.29) is 0 Å². The van der Waals surface area contributed by atoms with E-state index < -0.39 is 5.97 Å². The summed E-state index contributed by atoms with van der Waals surface area (Å²) in [5.41, 5.74) is 6.79. The van der Waals surface area contributed by atoms with Crippen LogP contribution in [-0.4, -0.2) is 40.4 Å². The fourth-order valence-corrected chi connectivity index (χ4v) is 3.90. The molecule has 4 aromatic heterocycles. The van der Waals surface area contributed by atoms with Crippen molar-refractivity contribution < 1.29 is 9.90 Å². The van der Waals surface area contributed by atoms with E-state index in [1.54, 1.807) is 10.6 Å². The average Bonchev–Trinajstić information content (AvgIpc) is 3.41. The Kier molecular flexibility index (Phi) is 3.97. The molecule has 0 atom stereocenters.